The van der Waals surface area contributed by atoms with Crippen LogP contribution in [0.5, 0.6) is 0 Å². The third kappa shape index (κ3) is 2.57. The molecule has 17 heavy (non-hydrogen) atoms. The van der Waals surface area contributed by atoms with Gasteiger partial charge in [-0.25, -0.2) is 14.9 Å². The standard InChI is InChI=1S/C10H9FN2O3S/c11-7-3-6(10(15)13-16-2-1-14)4-8-9(7)12-5-17-8/h3-5,14H,1-2H2,(H,13,15). The monoisotopic (exact) mass is 256 g/mol. The van der Waals surface area contributed by atoms with Gasteiger partial charge in [-0.05, 0) is 12.1 Å². The molecule has 0 radical (unpaired) electrons. The van der Waals surface area contributed by atoms with Crippen LogP contribution < -0.4 is 5.48 Å². The first-order chi connectivity index (χ1) is 8.22. The van der Waals surface area contributed by atoms with Crippen LogP contribution in [0.25, 0.3) is 10.2 Å². The molecule has 90 valence electrons. The van der Waals surface area contributed by atoms with Crippen molar-refractivity contribution in [2.24, 2.45) is 0 Å². The van der Waals surface area contributed by atoms with Crippen molar-refractivity contribution in [1.29, 1.82) is 0 Å². The third-order valence-electron chi connectivity index (χ3n) is 2.01. The predicted molar refractivity (Wildman–Crippen MR) is 60.1 cm³/mol. The Bertz CT molecular complexity index is 543. The third-order valence-corrected chi connectivity index (χ3v) is 2.79. The van der Waals surface area contributed by atoms with Gasteiger partial charge < -0.3 is 5.11 Å². The van der Waals surface area contributed by atoms with Gasteiger partial charge in [0.1, 0.15) is 5.52 Å². The summed E-state index contributed by atoms with van der Waals surface area (Å²) in [5, 5.41) is 8.46. The van der Waals surface area contributed by atoms with Gasteiger partial charge in [0.05, 0.1) is 23.4 Å². The van der Waals surface area contributed by atoms with Gasteiger partial charge in [-0.3, -0.25) is 9.63 Å². The van der Waals surface area contributed by atoms with E-state index in [4.69, 9.17) is 5.11 Å². The lowest BCUT2D eigenvalue weighted by Crippen LogP contribution is -2.25. The fourth-order valence-electron chi connectivity index (χ4n) is 1.28. The Morgan fingerprint density at radius 1 is 1.59 bits per heavy atom. The number of aliphatic hydroxyl groups excluding tert-OH is 1. The number of amides is 1. The van der Waals surface area contributed by atoms with E-state index < -0.39 is 11.7 Å². The number of nitrogens with zero attached hydrogens (tertiary/aromatic N) is 1. The largest absolute Gasteiger partial charge is 0.394 e. The number of carbonyl (C=O) groups excluding carboxylic acids is 1. The zero-order chi connectivity index (χ0) is 12.3. The Balaban J connectivity index is 2.20. The molecule has 0 saturated carbocycles. The molecule has 1 aromatic heterocycles. The van der Waals surface area contributed by atoms with Gasteiger partial charge in [0.15, 0.2) is 5.82 Å². The summed E-state index contributed by atoms with van der Waals surface area (Å²) >= 11 is 1.25. The zero-order valence-electron chi connectivity index (χ0n) is 8.64. The summed E-state index contributed by atoms with van der Waals surface area (Å²) < 4.78 is 14.1. The van der Waals surface area contributed by atoms with E-state index in [9.17, 15) is 9.18 Å². The molecule has 2 rings (SSSR count). The van der Waals surface area contributed by atoms with Crippen molar-refractivity contribution in [3.63, 3.8) is 0 Å². The number of hydrogen-bond acceptors (Lipinski definition) is 5. The topological polar surface area (TPSA) is 71.5 Å². The minimum absolute atomic E-state index is 0.0168. The highest BCUT2D eigenvalue weighted by Gasteiger charge is 2.11. The second-order valence-corrected chi connectivity index (χ2v) is 4.05. The van der Waals surface area contributed by atoms with E-state index in [2.05, 4.69) is 15.3 Å². The van der Waals surface area contributed by atoms with Crippen molar-refractivity contribution >= 4 is 27.5 Å². The van der Waals surface area contributed by atoms with E-state index >= 15 is 0 Å². The van der Waals surface area contributed by atoms with E-state index in [1.807, 2.05) is 0 Å². The molecule has 2 aromatic rings. The smallest absolute Gasteiger partial charge is 0.274 e. The van der Waals surface area contributed by atoms with Crippen molar-refractivity contribution in [2.45, 2.75) is 0 Å². The molecule has 0 unspecified atom stereocenters. The molecule has 0 spiro atoms. The summed E-state index contributed by atoms with van der Waals surface area (Å²) in [6.07, 6.45) is 0. The van der Waals surface area contributed by atoms with Crippen molar-refractivity contribution in [2.75, 3.05) is 13.2 Å². The highest BCUT2D eigenvalue weighted by molar-refractivity contribution is 7.16. The molecule has 1 amide bonds. The van der Waals surface area contributed by atoms with Crippen LogP contribution in [0.2, 0.25) is 0 Å². The average Bonchev–Trinajstić information content (AvgIpc) is 2.77. The fourth-order valence-corrected chi connectivity index (χ4v) is 2.01. The fraction of sp³-hybridized carbons (Fsp3) is 0.200. The van der Waals surface area contributed by atoms with Crippen LogP contribution in [0.15, 0.2) is 17.6 Å². The number of carbonyl (C=O) groups is 1. The number of halogens is 1. The Labute approximate surface area is 99.8 Å². The molecule has 0 aliphatic carbocycles. The van der Waals surface area contributed by atoms with E-state index in [0.29, 0.717) is 4.70 Å². The number of hydroxylamine groups is 1. The first-order valence-electron chi connectivity index (χ1n) is 4.78. The van der Waals surface area contributed by atoms with Gasteiger partial charge >= 0.3 is 0 Å². The maximum Gasteiger partial charge on any atom is 0.274 e. The quantitative estimate of drug-likeness (QED) is 0.634. The van der Waals surface area contributed by atoms with Crippen molar-refractivity contribution in [1.82, 2.24) is 10.5 Å². The predicted octanol–water partition coefficient (Wildman–Crippen LogP) is 1.09. The van der Waals surface area contributed by atoms with Crippen LogP contribution in [0.4, 0.5) is 4.39 Å². The number of rotatable bonds is 4. The second kappa shape index (κ2) is 5.17. The number of thiazole rings is 1. The second-order valence-electron chi connectivity index (χ2n) is 3.16. The molecule has 0 saturated heterocycles. The Hall–Kier alpha value is -1.57. The van der Waals surface area contributed by atoms with Crippen molar-refractivity contribution in [3.8, 4) is 0 Å². The summed E-state index contributed by atoms with van der Waals surface area (Å²) in [5.74, 6) is -1.11. The lowest BCUT2D eigenvalue weighted by molar-refractivity contribution is 0.0168. The van der Waals surface area contributed by atoms with Crippen LogP contribution in [-0.4, -0.2) is 29.2 Å². The summed E-state index contributed by atoms with van der Waals surface area (Å²) in [6.45, 7) is -0.223. The first kappa shape index (κ1) is 11.9. The number of fused-ring (bicyclic) bond motifs is 1. The Kier molecular flexibility index (Phi) is 3.62. The lowest BCUT2D eigenvalue weighted by Gasteiger charge is -2.04. The van der Waals surface area contributed by atoms with Crippen LogP contribution in [0, 0.1) is 5.82 Å². The zero-order valence-corrected chi connectivity index (χ0v) is 9.46. The Morgan fingerprint density at radius 2 is 2.41 bits per heavy atom. The van der Waals surface area contributed by atoms with Crippen molar-refractivity contribution in [3.05, 3.63) is 29.0 Å². The molecule has 2 N–H and O–H groups in total. The van der Waals surface area contributed by atoms with Crippen molar-refractivity contribution < 1.29 is 19.1 Å². The normalized spacial score (nSPS) is 10.7. The van der Waals surface area contributed by atoms with E-state index in [1.165, 1.54) is 22.9 Å². The van der Waals surface area contributed by atoms with Gasteiger partial charge in [-0.15, -0.1) is 11.3 Å². The number of aliphatic hydroxyl groups is 1. The maximum atomic E-state index is 13.5. The minimum atomic E-state index is -0.562. The molecule has 7 heteroatoms. The van der Waals surface area contributed by atoms with Crippen LogP contribution in [0.1, 0.15) is 10.4 Å². The lowest BCUT2D eigenvalue weighted by atomic mass is 10.2. The van der Waals surface area contributed by atoms with Crippen LogP contribution in [-0.2, 0) is 4.84 Å². The number of nitrogens with one attached hydrogen (secondary N) is 1. The molecule has 0 aliphatic heterocycles. The average molecular weight is 256 g/mol. The molecular formula is C10H9FN2O3S. The van der Waals surface area contributed by atoms with Gasteiger partial charge in [-0.2, -0.15) is 0 Å². The summed E-state index contributed by atoms with van der Waals surface area (Å²) in [4.78, 5) is 20.0. The molecular weight excluding hydrogens is 247 g/mol. The summed E-state index contributed by atoms with van der Waals surface area (Å²) in [7, 11) is 0. The highest BCUT2D eigenvalue weighted by atomic mass is 32.1. The van der Waals surface area contributed by atoms with E-state index in [1.54, 1.807) is 0 Å². The van der Waals surface area contributed by atoms with E-state index in [-0.39, 0.29) is 24.3 Å². The summed E-state index contributed by atoms with van der Waals surface area (Å²) in [5.41, 5.74) is 4.02. The SMILES string of the molecule is O=C(NOCCO)c1cc(F)c2ncsc2c1. The van der Waals surface area contributed by atoms with Gasteiger partial charge in [-0.1, -0.05) is 0 Å². The van der Waals surface area contributed by atoms with Crippen LogP contribution >= 0.6 is 11.3 Å². The molecule has 0 aliphatic rings. The van der Waals surface area contributed by atoms with Crippen LogP contribution in [0.3, 0.4) is 0 Å². The Morgan fingerprint density at radius 3 is 3.18 bits per heavy atom. The molecule has 0 fully saturated rings. The number of benzene rings is 1. The van der Waals surface area contributed by atoms with Gasteiger partial charge in [0.2, 0.25) is 0 Å². The summed E-state index contributed by atoms with van der Waals surface area (Å²) in [6, 6.07) is 2.63. The maximum absolute atomic E-state index is 13.5. The molecule has 5 nitrogen and oxygen atoms in total. The molecule has 0 bridgehead atoms. The molecule has 1 aromatic carbocycles. The van der Waals surface area contributed by atoms with Gasteiger partial charge in [0.25, 0.3) is 5.91 Å². The molecule has 1 heterocycles. The number of aromatic nitrogens is 1. The van der Waals surface area contributed by atoms with Gasteiger partial charge in [0, 0.05) is 5.56 Å². The molecule has 0 atom stereocenters. The van der Waals surface area contributed by atoms with E-state index in [0.717, 1.165) is 6.07 Å². The minimum Gasteiger partial charge on any atom is -0.394 e. The highest BCUT2D eigenvalue weighted by Crippen LogP contribution is 2.22. The first-order valence-corrected chi connectivity index (χ1v) is 5.66. The number of hydrogen-bond donors (Lipinski definition) is 2.